The van der Waals surface area contributed by atoms with Crippen molar-refractivity contribution in [3.8, 4) is 5.75 Å². The first-order valence-corrected chi connectivity index (χ1v) is 4.41. The summed E-state index contributed by atoms with van der Waals surface area (Å²) in [4.78, 5) is 0. The fraction of sp³-hybridized carbons (Fsp3) is 0.400. The molecule has 14 heavy (non-hydrogen) atoms. The van der Waals surface area contributed by atoms with Gasteiger partial charge in [-0.1, -0.05) is 0 Å². The molecule has 0 bridgehead atoms. The summed E-state index contributed by atoms with van der Waals surface area (Å²) in [7, 11) is 1.35. The molecule has 0 aliphatic carbocycles. The van der Waals surface area contributed by atoms with E-state index in [0.29, 0.717) is 19.4 Å². The van der Waals surface area contributed by atoms with Crippen LogP contribution in [0.15, 0.2) is 12.1 Å². The second-order valence-electron chi connectivity index (χ2n) is 2.93. The maximum Gasteiger partial charge on any atom is 0.171 e. The molecule has 0 radical (unpaired) electrons. The summed E-state index contributed by atoms with van der Waals surface area (Å²) in [5, 5.41) is 0. The molecule has 0 aliphatic heterocycles. The highest BCUT2D eigenvalue weighted by Crippen LogP contribution is 2.23. The van der Waals surface area contributed by atoms with Crippen LogP contribution in [0.2, 0.25) is 0 Å². The Morgan fingerprint density at radius 2 is 2.07 bits per heavy atom. The van der Waals surface area contributed by atoms with Crippen LogP contribution in [0.3, 0.4) is 0 Å². The number of ether oxygens (including phenoxy) is 1. The minimum absolute atomic E-state index is 0.0507. The van der Waals surface area contributed by atoms with E-state index in [1.165, 1.54) is 19.2 Å². The molecule has 0 aliphatic rings. The molecule has 1 aromatic carbocycles. The van der Waals surface area contributed by atoms with E-state index in [2.05, 4.69) is 0 Å². The molecule has 0 spiro atoms. The van der Waals surface area contributed by atoms with Crippen molar-refractivity contribution in [2.45, 2.75) is 12.8 Å². The first kappa shape index (κ1) is 10.9. The van der Waals surface area contributed by atoms with Crippen molar-refractivity contribution in [3.05, 3.63) is 29.3 Å². The lowest BCUT2D eigenvalue weighted by Gasteiger charge is -2.07. The molecule has 2 nitrogen and oxygen atoms in total. The van der Waals surface area contributed by atoms with E-state index in [1.54, 1.807) is 0 Å². The van der Waals surface area contributed by atoms with Crippen molar-refractivity contribution in [2.75, 3.05) is 13.7 Å². The lowest BCUT2D eigenvalue weighted by Crippen LogP contribution is -2.04. The van der Waals surface area contributed by atoms with E-state index in [0.717, 1.165) is 0 Å². The molecule has 1 aromatic rings. The third-order valence-corrected chi connectivity index (χ3v) is 2.00. The zero-order valence-electron chi connectivity index (χ0n) is 8.02. The first-order valence-electron chi connectivity index (χ1n) is 4.41. The Labute approximate surface area is 81.7 Å². The summed E-state index contributed by atoms with van der Waals surface area (Å²) in [5.74, 6) is -1.10. The minimum Gasteiger partial charge on any atom is -0.494 e. The van der Waals surface area contributed by atoms with Gasteiger partial charge in [0, 0.05) is 5.56 Å². The normalized spacial score (nSPS) is 10.3. The number of benzene rings is 1. The fourth-order valence-electron chi connectivity index (χ4n) is 1.24. The molecule has 0 amide bonds. The molecular weight excluding hydrogens is 188 g/mol. The van der Waals surface area contributed by atoms with E-state index in [4.69, 9.17) is 10.5 Å². The van der Waals surface area contributed by atoms with Gasteiger partial charge in [-0.2, -0.15) is 0 Å². The summed E-state index contributed by atoms with van der Waals surface area (Å²) in [5.41, 5.74) is 5.32. The average Bonchev–Trinajstić information content (AvgIpc) is 2.18. The van der Waals surface area contributed by atoms with Crippen LogP contribution < -0.4 is 10.5 Å². The van der Waals surface area contributed by atoms with Gasteiger partial charge in [-0.25, -0.2) is 8.78 Å². The summed E-state index contributed by atoms with van der Waals surface area (Å²) >= 11 is 0. The molecule has 0 saturated carbocycles. The molecule has 4 heteroatoms. The van der Waals surface area contributed by atoms with Crippen LogP contribution >= 0.6 is 0 Å². The largest absolute Gasteiger partial charge is 0.494 e. The summed E-state index contributed by atoms with van der Waals surface area (Å²) in [6.07, 6.45) is 0.854. The second-order valence-corrected chi connectivity index (χ2v) is 2.93. The number of rotatable bonds is 4. The lowest BCUT2D eigenvalue weighted by atomic mass is 10.1. The first-order chi connectivity index (χ1) is 6.70. The van der Waals surface area contributed by atoms with Crippen LogP contribution in [0.25, 0.3) is 0 Å². The Morgan fingerprint density at radius 3 is 2.64 bits per heavy atom. The third-order valence-electron chi connectivity index (χ3n) is 2.00. The van der Waals surface area contributed by atoms with Crippen LogP contribution in [0.4, 0.5) is 8.78 Å². The summed E-state index contributed by atoms with van der Waals surface area (Å²) < 4.78 is 31.4. The Hall–Kier alpha value is -1.16. The Bertz CT molecular complexity index is 315. The molecule has 0 saturated heterocycles. The Balaban J connectivity index is 2.99. The SMILES string of the molecule is COc1ccc(F)c(CCCN)c1F. The van der Waals surface area contributed by atoms with Crippen molar-refractivity contribution < 1.29 is 13.5 Å². The van der Waals surface area contributed by atoms with Crippen LogP contribution in [0.1, 0.15) is 12.0 Å². The van der Waals surface area contributed by atoms with Gasteiger partial charge in [-0.15, -0.1) is 0 Å². The van der Waals surface area contributed by atoms with Crippen LogP contribution in [-0.4, -0.2) is 13.7 Å². The van der Waals surface area contributed by atoms with E-state index < -0.39 is 11.6 Å². The van der Waals surface area contributed by atoms with Gasteiger partial charge in [-0.3, -0.25) is 0 Å². The highest BCUT2D eigenvalue weighted by atomic mass is 19.1. The van der Waals surface area contributed by atoms with Gasteiger partial charge < -0.3 is 10.5 Å². The number of hydrogen-bond acceptors (Lipinski definition) is 2. The Kier molecular flexibility index (Phi) is 3.83. The second kappa shape index (κ2) is 4.91. The van der Waals surface area contributed by atoms with Gasteiger partial charge in [0.25, 0.3) is 0 Å². The van der Waals surface area contributed by atoms with Gasteiger partial charge in [0.1, 0.15) is 5.82 Å². The fourth-order valence-corrected chi connectivity index (χ4v) is 1.24. The number of methoxy groups -OCH3 is 1. The highest BCUT2D eigenvalue weighted by Gasteiger charge is 2.13. The predicted molar refractivity (Wildman–Crippen MR) is 50.3 cm³/mol. The van der Waals surface area contributed by atoms with Gasteiger partial charge in [0.2, 0.25) is 0 Å². The highest BCUT2D eigenvalue weighted by molar-refractivity contribution is 5.32. The van der Waals surface area contributed by atoms with Gasteiger partial charge in [0.15, 0.2) is 11.6 Å². The molecular formula is C10H13F2NO. The monoisotopic (exact) mass is 201 g/mol. The molecule has 0 unspecified atom stereocenters. The van der Waals surface area contributed by atoms with E-state index in [-0.39, 0.29) is 11.3 Å². The zero-order valence-corrected chi connectivity index (χ0v) is 8.02. The summed E-state index contributed by atoms with van der Waals surface area (Å²) in [6.45, 7) is 0.413. The minimum atomic E-state index is -0.624. The number of halogens is 2. The van der Waals surface area contributed by atoms with Crippen molar-refractivity contribution in [2.24, 2.45) is 5.73 Å². The molecule has 0 aromatic heterocycles. The van der Waals surface area contributed by atoms with Crippen molar-refractivity contribution in [1.82, 2.24) is 0 Å². The number of nitrogens with two attached hydrogens (primary N) is 1. The maximum absolute atomic E-state index is 13.5. The van der Waals surface area contributed by atoms with Crippen LogP contribution in [-0.2, 0) is 6.42 Å². The van der Waals surface area contributed by atoms with Gasteiger partial charge in [0.05, 0.1) is 7.11 Å². The van der Waals surface area contributed by atoms with Crippen molar-refractivity contribution in [1.29, 1.82) is 0 Å². The van der Waals surface area contributed by atoms with Crippen molar-refractivity contribution in [3.63, 3.8) is 0 Å². The topological polar surface area (TPSA) is 35.2 Å². The molecule has 0 fully saturated rings. The lowest BCUT2D eigenvalue weighted by molar-refractivity contribution is 0.380. The third kappa shape index (κ3) is 2.20. The van der Waals surface area contributed by atoms with Gasteiger partial charge in [-0.05, 0) is 31.5 Å². The van der Waals surface area contributed by atoms with Crippen molar-refractivity contribution >= 4 is 0 Å². The predicted octanol–water partition coefficient (Wildman–Crippen LogP) is 1.86. The van der Waals surface area contributed by atoms with Crippen LogP contribution in [0.5, 0.6) is 5.75 Å². The Morgan fingerprint density at radius 1 is 1.36 bits per heavy atom. The molecule has 0 atom stereocenters. The van der Waals surface area contributed by atoms with Crippen LogP contribution in [0, 0.1) is 11.6 Å². The molecule has 78 valence electrons. The quantitative estimate of drug-likeness (QED) is 0.807. The molecule has 1 rings (SSSR count). The molecule has 0 heterocycles. The zero-order chi connectivity index (χ0) is 10.6. The number of hydrogen-bond donors (Lipinski definition) is 1. The van der Waals surface area contributed by atoms with E-state index >= 15 is 0 Å². The van der Waals surface area contributed by atoms with E-state index in [1.807, 2.05) is 0 Å². The van der Waals surface area contributed by atoms with E-state index in [9.17, 15) is 8.78 Å². The summed E-state index contributed by atoms with van der Waals surface area (Å²) in [6, 6.07) is 2.48. The maximum atomic E-state index is 13.5. The van der Waals surface area contributed by atoms with Gasteiger partial charge >= 0.3 is 0 Å². The smallest absolute Gasteiger partial charge is 0.171 e. The molecule has 2 N–H and O–H groups in total. The average molecular weight is 201 g/mol. The standard InChI is InChI=1S/C10H13F2NO/c1-14-9-5-4-8(11)7(10(9)12)3-2-6-13/h4-5H,2-3,6,13H2,1H3.